The normalized spacial score (nSPS) is 18.1. The monoisotopic (exact) mass is 451 g/mol. The van der Waals surface area contributed by atoms with Gasteiger partial charge in [0.1, 0.15) is 5.84 Å². The maximum atomic E-state index is 4.88. The highest BCUT2D eigenvalue weighted by atomic mass is 31.0. The molecule has 2 aliphatic rings. The molecule has 0 spiro atoms. The summed E-state index contributed by atoms with van der Waals surface area (Å²) in [6.07, 6.45) is 6.67. The number of hydrogen-bond acceptors (Lipinski definition) is 3. The van der Waals surface area contributed by atoms with Crippen molar-refractivity contribution in [3.63, 3.8) is 0 Å². The molecular formula is C28H42N3P. The van der Waals surface area contributed by atoms with Gasteiger partial charge in [0.2, 0.25) is 0 Å². The third kappa shape index (κ3) is 8.52. The predicted octanol–water partition coefficient (Wildman–Crippen LogP) is 6.98. The number of piperidine rings is 1. The van der Waals surface area contributed by atoms with Crippen LogP contribution in [0.25, 0.3) is 5.70 Å². The zero-order valence-corrected chi connectivity index (χ0v) is 22.0. The predicted molar refractivity (Wildman–Crippen MR) is 146 cm³/mol. The summed E-state index contributed by atoms with van der Waals surface area (Å²) in [4.78, 5) is 7.28. The number of benzene rings is 1. The van der Waals surface area contributed by atoms with Crippen molar-refractivity contribution < 1.29 is 0 Å². The number of allylic oxidation sites excluding steroid dienone is 3. The lowest BCUT2D eigenvalue weighted by Gasteiger charge is -2.26. The molecule has 0 saturated carbocycles. The molecule has 1 aromatic rings. The largest absolute Gasteiger partial charge is 0.343 e. The van der Waals surface area contributed by atoms with Crippen LogP contribution in [-0.2, 0) is 0 Å². The molecule has 0 radical (unpaired) electrons. The van der Waals surface area contributed by atoms with E-state index in [1.54, 1.807) is 0 Å². The van der Waals surface area contributed by atoms with E-state index in [2.05, 4.69) is 85.5 Å². The van der Waals surface area contributed by atoms with E-state index in [-0.39, 0.29) is 5.41 Å². The Hall–Kier alpha value is -1.96. The molecule has 1 fully saturated rings. The van der Waals surface area contributed by atoms with Crippen LogP contribution >= 0.6 is 8.86 Å². The van der Waals surface area contributed by atoms with E-state index in [9.17, 15) is 0 Å². The van der Waals surface area contributed by atoms with E-state index >= 15 is 0 Å². The maximum Gasteiger partial charge on any atom is 0.111 e. The fraction of sp³-hybridized carbons (Fsp3) is 0.500. The summed E-state index contributed by atoms with van der Waals surface area (Å²) in [7, 11) is 5.74. The minimum Gasteiger partial charge on any atom is -0.343 e. The lowest BCUT2D eigenvalue weighted by Crippen LogP contribution is -2.28. The van der Waals surface area contributed by atoms with Gasteiger partial charge in [0.15, 0.2) is 0 Å². The Labute approximate surface area is 198 Å². The van der Waals surface area contributed by atoms with Crippen LogP contribution in [0.4, 0.5) is 0 Å². The smallest absolute Gasteiger partial charge is 0.111 e. The van der Waals surface area contributed by atoms with Gasteiger partial charge in [0.25, 0.3) is 0 Å². The molecule has 0 amide bonds. The Kier molecular flexibility index (Phi) is 10.1. The Balaban J connectivity index is 0.000000380. The summed E-state index contributed by atoms with van der Waals surface area (Å²) in [5, 5.41) is 3.40. The second-order valence-electron chi connectivity index (χ2n) is 10.2. The molecule has 1 aromatic carbocycles. The Morgan fingerprint density at radius 2 is 1.84 bits per heavy atom. The van der Waals surface area contributed by atoms with Crippen LogP contribution in [0, 0.1) is 11.3 Å². The second kappa shape index (κ2) is 12.3. The van der Waals surface area contributed by atoms with Gasteiger partial charge in [-0.1, -0.05) is 70.7 Å². The lowest BCUT2D eigenvalue weighted by molar-refractivity contribution is 0.230. The number of nitrogens with one attached hydrogen (secondary N) is 1. The second-order valence-corrected chi connectivity index (χ2v) is 10.5. The van der Waals surface area contributed by atoms with Gasteiger partial charge in [-0.05, 0) is 80.2 Å². The first kappa shape index (κ1) is 26.3. The molecule has 1 saturated heterocycles. The molecule has 0 atom stereocenters. The number of likely N-dealkylation sites (tertiary alicyclic amines) is 1. The van der Waals surface area contributed by atoms with Crippen molar-refractivity contribution in [2.75, 3.05) is 20.1 Å². The van der Waals surface area contributed by atoms with Crippen LogP contribution in [0.5, 0.6) is 0 Å². The lowest BCUT2D eigenvalue weighted by atomic mass is 9.88. The van der Waals surface area contributed by atoms with Gasteiger partial charge < -0.3 is 10.2 Å². The van der Waals surface area contributed by atoms with E-state index in [4.69, 9.17) is 4.99 Å². The van der Waals surface area contributed by atoms with Gasteiger partial charge in [0, 0.05) is 17.8 Å². The minimum absolute atomic E-state index is 0.195. The fourth-order valence-electron chi connectivity index (χ4n) is 3.90. The SMILES string of the molecule is C=C(NC1=NC(CC(C)(C)C)=C(/C(C=P)=C\C)C1)c1ccccc1.CC1CCN(C)CC1. The number of nitrogens with zero attached hydrogens (tertiary/aromatic N) is 2. The number of aliphatic imine (C=N–C) groups is 1. The summed E-state index contributed by atoms with van der Waals surface area (Å²) >= 11 is 0. The molecule has 0 aliphatic carbocycles. The van der Waals surface area contributed by atoms with Gasteiger partial charge >= 0.3 is 0 Å². The highest BCUT2D eigenvalue weighted by molar-refractivity contribution is 7.19. The van der Waals surface area contributed by atoms with Crippen LogP contribution in [-0.4, -0.2) is 36.7 Å². The number of rotatable bonds is 5. The first-order valence-corrected chi connectivity index (χ1v) is 12.4. The van der Waals surface area contributed by atoms with Crippen molar-refractivity contribution in [1.29, 1.82) is 0 Å². The molecule has 1 N–H and O–H groups in total. The summed E-state index contributed by atoms with van der Waals surface area (Å²) in [6, 6.07) is 10.2. The standard InChI is InChI=1S/C21H27N2P.C7H15N/c1-6-16(14-24)18-12-20(23-19(18)13-21(3,4)5)22-15(2)17-10-8-7-9-11-17;1-7-3-5-8(2)6-4-7/h6-11,14,24H,2,12-13H2,1,3-5H3,(H,22,23);7H,3-6H2,1-2H3/b16-6-;. The van der Waals surface area contributed by atoms with Crippen molar-refractivity contribution in [1.82, 2.24) is 10.2 Å². The van der Waals surface area contributed by atoms with E-state index < -0.39 is 0 Å². The average molecular weight is 452 g/mol. The van der Waals surface area contributed by atoms with Crippen molar-refractivity contribution in [3.8, 4) is 0 Å². The maximum absolute atomic E-state index is 4.88. The molecule has 0 bridgehead atoms. The molecule has 4 heteroatoms. The summed E-state index contributed by atoms with van der Waals surface area (Å²) in [6.45, 7) is 17.9. The van der Waals surface area contributed by atoms with Gasteiger partial charge in [-0.25, -0.2) is 4.99 Å². The number of amidine groups is 1. The molecule has 2 aliphatic heterocycles. The Morgan fingerprint density at radius 3 is 2.34 bits per heavy atom. The van der Waals surface area contributed by atoms with E-state index in [1.165, 1.54) is 37.1 Å². The van der Waals surface area contributed by atoms with Crippen molar-refractivity contribution in [2.45, 2.75) is 60.3 Å². The number of hydrogen-bond donors (Lipinski definition) is 1. The van der Waals surface area contributed by atoms with Gasteiger partial charge in [0.05, 0.1) is 0 Å². The molecular weight excluding hydrogens is 409 g/mol. The van der Waals surface area contributed by atoms with Gasteiger partial charge in [-0.2, -0.15) is 0 Å². The molecule has 3 rings (SSSR count). The quantitative estimate of drug-likeness (QED) is 0.489. The summed E-state index contributed by atoms with van der Waals surface area (Å²) < 4.78 is 0. The summed E-state index contributed by atoms with van der Waals surface area (Å²) in [5.41, 5.74) is 5.80. The van der Waals surface area contributed by atoms with E-state index in [0.29, 0.717) is 0 Å². The third-order valence-electron chi connectivity index (χ3n) is 5.90. The minimum atomic E-state index is 0.195. The van der Waals surface area contributed by atoms with Crippen LogP contribution in [0.3, 0.4) is 0 Å². The third-order valence-corrected chi connectivity index (χ3v) is 6.21. The molecule has 174 valence electrons. The van der Waals surface area contributed by atoms with Crippen molar-refractivity contribution in [3.05, 3.63) is 65.4 Å². The first-order valence-electron chi connectivity index (χ1n) is 11.8. The van der Waals surface area contributed by atoms with Crippen LogP contribution in [0.1, 0.15) is 65.9 Å². The van der Waals surface area contributed by atoms with Gasteiger partial charge in [-0.15, -0.1) is 8.86 Å². The van der Waals surface area contributed by atoms with Crippen molar-refractivity contribution >= 4 is 26.2 Å². The molecule has 0 aromatic heterocycles. The zero-order chi connectivity index (χ0) is 23.7. The molecule has 0 unspecified atom stereocenters. The highest BCUT2D eigenvalue weighted by Crippen LogP contribution is 2.34. The average Bonchev–Trinajstić information content (AvgIpc) is 3.12. The van der Waals surface area contributed by atoms with Crippen LogP contribution in [0.15, 0.2) is 64.8 Å². The van der Waals surface area contributed by atoms with E-state index in [1.807, 2.05) is 24.0 Å². The molecule has 3 nitrogen and oxygen atoms in total. The van der Waals surface area contributed by atoms with Crippen molar-refractivity contribution in [2.24, 2.45) is 16.3 Å². The van der Waals surface area contributed by atoms with Crippen LogP contribution < -0.4 is 5.32 Å². The first-order chi connectivity index (χ1) is 15.1. The Morgan fingerprint density at radius 1 is 1.22 bits per heavy atom. The van der Waals surface area contributed by atoms with Gasteiger partial charge in [-0.3, -0.25) is 0 Å². The molecule has 32 heavy (non-hydrogen) atoms. The fourth-order valence-corrected chi connectivity index (χ4v) is 4.24. The summed E-state index contributed by atoms with van der Waals surface area (Å²) in [5.74, 6) is 3.92. The Bertz CT molecular complexity index is 854. The highest BCUT2D eigenvalue weighted by Gasteiger charge is 2.24. The zero-order valence-electron chi connectivity index (χ0n) is 21.0. The molecule has 2 heterocycles. The topological polar surface area (TPSA) is 27.6 Å². The van der Waals surface area contributed by atoms with E-state index in [0.717, 1.165) is 41.6 Å². The van der Waals surface area contributed by atoms with Crippen LogP contribution in [0.2, 0.25) is 0 Å².